The molecule has 2 aromatic rings. The average Bonchev–Trinajstić information content (AvgIpc) is 2.91. The van der Waals surface area contributed by atoms with Gasteiger partial charge in [-0.15, -0.1) is 0 Å². The van der Waals surface area contributed by atoms with Gasteiger partial charge < -0.3 is 14.8 Å². The molecule has 0 atom stereocenters. The van der Waals surface area contributed by atoms with Crippen LogP contribution in [0.25, 0.3) is 0 Å². The Bertz CT molecular complexity index is 940. The van der Waals surface area contributed by atoms with Crippen LogP contribution < -0.4 is 19.5 Å². The third-order valence-electron chi connectivity index (χ3n) is 4.10. The topological polar surface area (TPSA) is 93.7 Å². The maximum atomic E-state index is 12.7. The molecule has 8 heteroatoms. The lowest BCUT2D eigenvalue weighted by Crippen LogP contribution is -2.27. The Labute approximate surface area is 165 Å². The van der Waals surface area contributed by atoms with Crippen molar-refractivity contribution in [2.45, 2.75) is 25.2 Å². The third-order valence-corrected chi connectivity index (χ3v) is 5.48. The first-order valence-electron chi connectivity index (χ1n) is 9.16. The molecule has 3 rings (SSSR count). The molecule has 7 nitrogen and oxygen atoms in total. The van der Waals surface area contributed by atoms with Crippen LogP contribution >= 0.6 is 0 Å². The quantitative estimate of drug-likeness (QED) is 0.772. The second kappa shape index (κ2) is 8.52. The van der Waals surface area contributed by atoms with E-state index < -0.39 is 10.0 Å². The predicted molar refractivity (Wildman–Crippen MR) is 106 cm³/mol. The molecule has 1 amide bonds. The summed E-state index contributed by atoms with van der Waals surface area (Å²) in [7, 11) is -3.80. The Morgan fingerprint density at radius 3 is 2.39 bits per heavy atom. The molecule has 0 aliphatic carbocycles. The molecular formula is C20H24N2O5S. The number of nitrogens with one attached hydrogen (secondary N) is 2. The molecule has 0 saturated heterocycles. The van der Waals surface area contributed by atoms with Crippen molar-refractivity contribution >= 4 is 21.6 Å². The largest absolute Gasteiger partial charge is 0.490 e. The number of ether oxygens (including phenoxy) is 2. The molecule has 0 fully saturated rings. The van der Waals surface area contributed by atoms with Crippen LogP contribution in [0.1, 0.15) is 30.6 Å². The Balaban J connectivity index is 1.72. The molecule has 1 aliphatic heterocycles. The summed E-state index contributed by atoms with van der Waals surface area (Å²) in [6.45, 7) is 5.62. The van der Waals surface area contributed by atoms with Crippen molar-refractivity contribution in [1.29, 1.82) is 0 Å². The smallest absolute Gasteiger partial charge is 0.262 e. The van der Waals surface area contributed by atoms with E-state index in [-0.39, 0.29) is 10.8 Å². The highest BCUT2D eigenvalue weighted by Crippen LogP contribution is 2.32. The highest BCUT2D eigenvalue weighted by atomic mass is 32.2. The van der Waals surface area contributed by atoms with E-state index in [1.54, 1.807) is 30.3 Å². The number of benzene rings is 2. The van der Waals surface area contributed by atoms with E-state index in [0.29, 0.717) is 48.4 Å². The van der Waals surface area contributed by atoms with Crippen LogP contribution in [0, 0.1) is 5.92 Å². The van der Waals surface area contributed by atoms with Crippen molar-refractivity contribution in [1.82, 2.24) is 5.32 Å². The first-order valence-corrected chi connectivity index (χ1v) is 10.6. The molecular weight excluding hydrogens is 380 g/mol. The zero-order valence-electron chi connectivity index (χ0n) is 15.9. The fourth-order valence-electron chi connectivity index (χ4n) is 2.61. The summed E-state index contributed by atoms with van der Waals surface area (Å²) < 4.78 is 39.0. The van der Waals surface area contributed by atoms with Gasteiger partial charge in [-0.05, 0) is 42.3 Å². The highest BCUT2D eigenvalue weighted by molar-refractivity contribution is 7.92. The van der Waals surface area contributed by atoms with Gasteiger partial charge in [0, 0.05) is 30.3 Å². The fourth-order valence-corrected chi connectivity index (χ4v) is 3.69. The van der Waals surface area contributed by atoms with E-state index in [1.807, 2.05) is 13.8 Å². The normalized spacial score (nSPS) is 13.7. The van der Waals surface area contributed by atoms with Crippen molar-refractivity contribution in [2.24, 2.45) is 5.92 Å². The van der Waals surface area contributed by atoms with Crippen LogP contribution in [0.15, 0.2) is 47.4 Å². The molecule has 0 saturated carbocycles. The molecule has 1 heterocycles. The van der Waals surface area contributed by atoms with E-state index in [2.05, 4.69) is 10.0 Å². The van der Waals surface area contributed by atoms with E-state index >= 15 is 0 Å². The molecule has 28 heavy (non-hydrogen) atoms. The second-order valence-electron chi connectivity index (χ2n) is 6.95. The van der Waals surface area contributed by atoms with Gasteiger partial charge in [-0.25, -0.2) is 8.42 Å². The lowest BCUT2D eigenvalue weighted by molar-refractivity contribution is 0.0949. The molecule has 0 spiro atoms. The van der Waals surface area contributed by atoms with Gasteiger partial charge in [0.25, 0.3) is 15.9 Å². The van der Waals surface area contributed by atoms with Gasteiger partial charge in [0.05, 0.1) is 18.1 Å². The van der Waals surface area contributed by atoms with Gasteiger partial charge in [-0.2, -0.15) is 0 Å². The first kappa shape index (κ1) is 20.0. The first-order chi connectivity index (χ1) is 13.3. The number of hydrogen-bond donors (Lipinski definition) is 2. The molecule has 1 aliphatic rings. The number of anilines is 1. The number of rotatable bonds is 6. The number of amides is 1. The van der Waals surface area contributed by atoms with Crippen molar-refractivity contribution in [3.8, 4) is 11.5 Å². The van der Waals surface area contributed by atoms with Gasteiger partial charge in [-0.1, -0.05) is 13.8 Å². The maximum Gasteiger partial charge on any atom is 0.262 e. The summed E-state index contributed by atoms with van der Waals surface area (Å²) in [6, 6.07) is 10.8. The van der Waals surface area contributed by atoms with E-state index in [9.17, 15) is 13.2 Å². The number of sulfonamides is 1. The Morgan fingerprint density at radius 2 is 1.71 bits per heavy atom. The van der Waals surface area contributed by atoms with Crippen LogP contribution in [0.2, 0.25) is 0 Å². The minimum Gasteiger partial charge on any atom is -0.490 e. The zero-order valence-corrected chi connectivity index (χ0v) is 16.7. The summed E-state index contributed by atoms with van der Waals surface area (Å²) in [5.41, 5.74) is 0.840. The zero-order chi connectivity index (χ0) is 20.1. The van der Waals surface area contributed by atoms with Gasteiger partial charge in [0.1, 0.15) is 0 Å². The van der Waals surface area contributed by atoms with Gasteiger partial charge in [0.15, 0.2) is 11.5 Å². The molecule has 2 aromatic carbocycles. The Morgan fingerprint density at radius 1 is 1.04 bits per heavy atom. The van der Waals surface area contributed by atoms with Crippen LogP contribution in [0.5, 0.6) is 11.5 Å². The van der Waals surface area contributed by atoms with E-state index in [1.165, 1.54) is 12.1 Å². The highest BCUT2D eigenvalue weighted by Gasteiger charge is 2.19. The number of fused-ring (bicyclic) bond motifs is 1. The van der Waals surface area contributed by atoms with Gasteiger partial charge in [-0.3, -0.25) is 9.52 Å². The standard InChI is InChI=1S/C20H24N2O5S/c1-14(2)13-21-20(23)15-4-6-16(7-5-15)22-28(24,25)17-8-9-18-19(12-17)27-11-3-10-26-18/h4-9,12,14,22H,3,10-11,13H2,1-2H3,(H,21,23). The minimum absolute atomic E-state index is 0.0792. The molecule has 150 valence electrons. The summed E-state index contributed by atoms with van der Waals surface area (Å²) in [6.07, 6.45) is 0.742. The van der Waals surface area contributed by atoms with Crippen LogP contribution in [-0.4, -0.2) is 34.1 Å². The molecule has 0 aromatic heterocycles. The van der Waals surface area contributed by atoms with Crippen molar-refractivity contribution in [2.75, 3.05) is 24.5 Å². The average molecular weight is 404 g/mol. The molecule has 0 unspecified atom stereocenters. The summed E-state index contributed by atoms with van der Waals surface area (Å²) in [5, 5.41) is 2.82. The summed E-state index contributed by atoms with van der Waals surface area (Å²) in [4.78, 5) is 12.1. The Kier molecular flexibility index (Phi) is 6.08. The summed E-state index contributed by atoms with van der Waals surface area (Å²) in [5.74, 6) is 1.11. The van der Waals surface area contributed by atoms with Gasteiger partial charge >= 0.3 is 0 Å². The fraction of sp³-hybridized carbons (Fsp3) is 0.350. The lowest BCUT2D eigenvalue weighted by atomic mass is 10.2. The summed E-state index contributed by atoms with van der Waals surface area (Å²) >= 11 is 0. The molecule has 0 bridgehead atoms. The third kappa shape index (κ3) is 4.95. The van der Waals surface area contributed by atoms with Crippen molar-refractivity contribution in [3.63, 3.8) is 0 Å². The number of carbonyl (C=O) groups excluding carboxylic acids is 1. The monoisotopic (exact) mass is 404 g/mol. The van der Waals surface area contributed by atoms with Crippen molar-refractivity contribution in [3.05, 3.63) is 48.0 Å². The van der Waals surface area contributed by atoms with Crippen LogP contribution in [-0.2, 0) is 10.0 Å². The SMILES string of the molecule is CC(C)CNC(=O)c1ccc(NS(=O)(=O)c2ccc3c(c2)OCCCO3)cc1. The van der Waals surface area contributed by atoms with Crippen LogP contribution in [0.4, 0.5) is 5.69 Å². The van der Waals surface area contributed by atoms with Crippen LogP contribution in [0.3, 0.4) is 0 Å². The Hall–Kier alpha value is -2.74. The lowest BCUT2D eigenvalue weighted by Gasteiger charge is -2.12. The maximum absolute atomic E-state index is 12.7. The second-order valence-corrected chi connectivity index (χ2v) is 8.63. The van der Waals surface area contributed by atoms with Crippen molar-refractivity contribution < 1.29 is 22.7 Å². The number of carbonyl (C=O) groups is 1. The predicted octanol–water partition coefficient (Wildman–Crippen LogP) is 3.03. The van der Waals surface area contributed by atoms with E-state index in [0.717, 1.165) is 6.42 Å². The molecule has 0 radical (unpaired) electrons. The minimum atomic E-state index is -3.80. The van der Waals surface area contributed by atoms with E-state index in [4.69, 9.17) is 9.47 Å². The van der Waals surface area contributed by atoms with Gasteiger partial charge in [0.2, 0.25) is 0 Å². The molecule has 2 N–H and O–H groups in total. The number of hydrogen-bond acceptors (Lipinski definition) is 5.